The predicted molar refractivity (Wildman–Crippen MR) is 140 cm³/mol. The van der Waals surface area contributed by atoms with Crippen LogP contribution in [0.4, 0.5) is 0 Å². The lowest BCUT2D eigenvalue weighted by atomic mass is 9.57. The van der Waals surface area contributed by atoms with Gasteiger partial charge in [0.05, 0.1) is 24.8 Å². The summed E-state index contributed by atoms with van der Waals surface area (Å²) in [6.45, 7) is 1.98. The minimum absolute atomic E-state index is 0.00751. The van der Waals surface area contributed by atoms with E-state index in [1.807, 2.05) is 0 Å². The number of hydrogen-bond acceptors (Lipinski definition) is 10. The van der Waals surface area contributed by atoms with Gasteiger partial charge in [0.1, 0.15) is 22.8 Å². The molecule has 2 fully saturated rings. The normalized spacial score (nSPS) is 28.4. The molecule has 2 amide bonds. The molecule has 1 heterocycles. The van der Waals surface area contributed by atoms with Gasteiger partial charge in [0.15, 0.2) is 11.4 Å². The van der Waals surface area contributed by atoms with Crippen molar-refractivity contribution in [2.75, 3.05) is 40.4 Å². The average Bonchev–Trinajstić information content (AvgIpc) is 2.90. The summed E-state index contributed by atoms with van der Waals surface area (Å²) in [6, 6.07) is 1.91. The minimum atomic E-state index is -2.68. The summed E-state index contributed by atoms with van der Waals surface area (Å²) in [4.78, 5) is 55.1. The molecule has 5 rings (SSSR count). The Morgan fingerprint density at radius 3 is 2.45 bits per heavy atom. The van der Waals surface area contributed by atoms with Gasteiger partial charge >= 0.3 is 0 Å². The standard InChI is InChI=1S/C28H33N3O9/c1-30(2)22-16-12-14-11-15-13(4-6-18(33)31-7-9-40-10-8-31)3-5-17(32)20(15)23(34)19(14)25(36)28(16,39)26(37)21(24(22)35)27(29)38/h3,5,14,16,22,32,34,37,39H,4,6-12H2,1-2H3,(H2,29,38)/t14-,16-,22-,28-/m0/s1. The van der Waals surface area contributed by atoms with Gasteiger partial charge in [-0.2, -0.15) is 0 Å². The molecule has 0 spiro atoms. The van der Waals surface area contributed by atoms with Crippen LogP contribution in [0.15, 0.2) is 29.0 Å². The smallest absolute Gasteiger partial charge is 0.255 e. The maximum Gasteiger partial charge on any atom is 0.255 e. The van der Waals surface area contributed by atoms with Crippen LogP contribution in [0.5, 0.6) is 5.75 Å². The molecule has 0 unspecified atom stereocenters. The summed E-state index contributed by atoms with van der Waals surface area (Å²) in [6.07, 6.45) is 0.726. The maximum absolute atomic E-state index is 13.9. The summed E-state index contributed by atoms with van der Waals surface area (Å²) in [5.74, 6) is -6.94. The van der Waals surface area contributed by atoms with E-state index in [0.29, 0.717) is 38.3 Å². The van der Waals surface area contributed by atoms with E-state index in [4.69, 9.17) is 10.5 Å². The third kappa shape index (κ3) is 4.09. The van der Waals surface area contributed by atoms with Crippen molar-refractivity contribution in [3.05, 3.63) is 45.7 Å². The van der Waals surface area contributed by atoms with Crippen LogP contribution in [0.1, 0.15) is 29.5 Å². The number of aryl methyl sites for hydroxylation is 1. The number of aliphatic hydroxyl groups excluding tert-OH is 2. The second kappa shape index (κ2) is 10.0. The molecule has 4 aliphatic rings. The number of morpholine rings is 1. The van der Waals surface area contributed by atoms with Crippen LogP contribution in [-0.2, 0) is 36.8 Å². The molecule has 1 saturated carbocycles. The highest BCUT2D eigenvalue weighted by Crippen LogP contribution is 2.53. The number of ether oxygens (including phenoxy) is 1. The number of phenolic OH excluding ortho intramolecular Hbond substituents is 1. The van der Waals surface area contributed by atoms with E-state index in [-0.39, 0.29) is 42.1 Å². The van der Waals surface area contributed by atoms with Crippen LogP contribution in [-0.4, -0.2) is 106 Å². The number of nitrogens with zero attached hydrogens (tertiary/aromatic N) is 2. The fourth-order valence-electron chi connectivity index (χ4n) is 6.75. The number of phenols is 1. The molecule has 214 valence electrons. The van der Waals surface area contributed by atoms with Crippen LogP contribution in [0.25, 0.3) is 5.76 Å². The summed E-state index contributed by atoms with van der Waals surface area (Å²) >= 11 is 0. The van der Waals surface area contributed by atoms with Crippen LogP contribution in [0.3, 0.4) is 0 Å². The molecule has 0 aromatic heterocycles. The maximum atomic E-state index is 13.9. The van der Waals surface area contributed by atoms with Gasteiger partial charge in [-0.15, -0.1) is 0 Å². The minimum Gasteiger partial charge on any atom is -0.508 e. The highest BCUT2D eigenvalue weighted by atomic mass is 16.5. The van der Waals surface area contributed by atoms with Gasteiger partial charge in [-0.25, -0.2) is 0 Å². The van der Waals surface area contributed by atoms with E-state index in [2.05, 4.69) is 0 Å². The number of carbonyl (C=O) groups is 4. The first-order valence-corrected chi connectivity index (χ1v) is 13.2. The number of nitrogens with two attached hydrogens (primary N) is 1. The molecular formula is C28H33N3O9. The predicted octanol–water partition coefficient (Wildman–Crippen LogP) is -0.245. The lowest BCUT2D eigenvalue weighted by Gasteiger charge is -2.50. The van der Waals surface area contributed by atoms with Crippen LogP contribution >= 0.6 is 0 Å². The number of benzene rings is 1. The quantitative estimate of drug-likeness (QED) is 0.303. The molecule has 1 aliphatic heterocycles. The van der Waals surface area contributed by atoms with Gasteiger partial charge in [0.25, 0.3) is 5.91 Å². The second-order valence-corrected chi connectivity index (χ2v) is 11.1. The van der Waals surface area contributed by atoms with E-state index in [1.54, 1.807) is 25.1 Å². The number of fused-ring (bicyclic) bond motifs is 3. The largest absolute Gasteiger partial charge is 0.508 e. The number of rotatable bonds is 5. The number of aliphatic hydroxyl groups is 3. The number of primary amides is 1. The molecule has 1 aromatic carbocycles. The number of likely N-dealkylation sites (N-methyl/N-ethyl adjacent to an activating group) is 1. The zero-order valence-corrected chi connectivity index (χ0v) is 22.3. The summed E-state index contributed by atoms with van der Waals surface area (Å²) in [5.41, 5.74) is 2.92. The van der Waals surface area contributed by atoms with E-state index < -0.39 is 58.0 Å². The highest BCUT2D eigenvalue weighted by Gasteiger charge is 2.64. The van der Waals surface area contributed by atoms with Gasteiger partial charge in [-0.05, 0) is 56.5 Å². The summed E-state index contributed by atoms with van der Waals surface area (Å²) in [5, 5.41) is 44.6. The third-order valence-electron chi connectivity index (χ3n) is 8.67. The Hall–Kier alpha value is -3.74. The zero-order chi connectivity index (χ0) is 29.1. The number of hydrogen-bond donors (Lipinski definition) is 5. The SMILES string of the molecule is CN(C)[C@@H]1C(=O)C(C(N)=O)=C(O)[C@@]2(O)C(=O)C3=C(O)c4c(O)ccc(CCC(=O)N5CCOCC5)c4C[C@H]3C[C@@H]12. The highest BCUT2D eigenvalue weighted by molar-refractivity contribution is 6.24. The molecule has 0 bridgehead atoms. The van der Waals surface area contributed by atoms with E-state index in [9.17, 15) is 39.6 Å². The van der Waals surface area contributed by atoms with Gasteiger partial charge < -0.3 is 35.8 Å². The van der Waals surface area contributed by atoms with Crippen LogP contribution in [0.2, 0.25) is 0 Å². The Balaban J connectivity index is 1.56. The zero-order valence-electron chi connectivity index (χ0n) is 22.3. The van der Waals surface area contributed by atoms with Crippen molar-refractivity contribution >= 4 is 29.1 Å². The molecular weight excluding hydrogens is 522 g/mol. The molecule has 3 aliphatic carbocycles. The first-order chi connectivity index (χ1) is 18.9. The Bertz CT molecular complexity index is 1370. The fourth-order valence-corrected chi connectivity index (χ4v) is 6.75. The van der Waals surface area contributed by atoms with Crippen molar-refractivity contribution in [3.8, 4) is 5.75 Å². The summed E-state index contributed by atoms with van der Waals surface area (Å²) < 4.78 is 5.30. The first kappa shape index (κ1) is 27.8. The Morgan fingerprint density at radius 1 is 1.15 bits per heavy atom. The third-order valence-corrected chi connectivity index (χ3v) is 8.67. The molecule has 12 nitrogen and oxygen atoms in total. The van der Waals surface area contributed by atoms with Gasteiger partial charge in [-0.1, -0.05) is 6.07 Å². The lowest BCUT2D eigenvalue weighted by molar-refractivity contribution is -0.153. The van der Waals surface area contributed by atoms with Crippen LogP contribution in [0, 0.1) is 11.8 Å². The van der Waals surface area contributed by atoms with Gasteiger partial charge in [-0.3, -0.25) is 24.1 Å². The van der Waals surface area contributed by atoms with Crippen molar-refractivity contribution in [3.63, 3.8) is 0 Å². The van der Waals surface area contributed by atoms with Crippen molar-refractivity contribution < 1.29 is 44.3 Å². The molecule has 4 atom stereocenters. The van der Waals surface area contributed by atoms with Gasteiger partial charge in [0, 0.05) is 31.0 Å². The molecule has 6 N–H and O–H groups in total. The topological polar surface area (TPSA) is 191 Å². The van der Waals surface area contributed by atoms with E-state index in [0.717, 1.165) is 5.56 Å². The molecule has 1 aromatic rings. The van der Waals surface area contributed by atoms with Crippen molar-refractivity contribution in [1.82, 2.24) is 9.80 Å². The molecule has 1 saturated heterocycles. The number of amides is 2. The average molecular weight is 556 g/mol. The van der Waals surface area contributed by atoms with Crippen molar-refractivity contribution in [2.45, 2.75) is 37.3 Å². The number of Topliss-reactive ketones (excluding diaryl/α,β-unsaturated/α-hetero) is 2. The Kier molecular flexibility index (Phi) is 6.97. The van der Waals surface area contributed by atoms with Crippen molar-refractivity contribution in [2.24, 2.45) is 17.6 Å². The number of carbonyl (C=O) groups excluding carboxylic acids is 4. The number of ketones is 2. The molecule has 12 heteroatoms. The van der Waals surface area contributed by atoms with E-state index >= 15 is 0 Å². The Morgan fingerprint density at radius 2 is 1.82 bits per heavy atom. The fraction of sp³-hybridized carbons (Fsp3) is 0.500. The molecule has 0 radical (unpaired) electrons. The molecule has 40 heavy (non-hydrogen) atoms. The second-order valence-electron chi connectivity index (χ2n) is 11.1. The Labute approximate surface area is 230 Å². The number of aromatic hydroxyl groups is 1. The van der Waals surface area contributed by atoms with Gasteiger partial charge in [0.2, 0.25) is 11.7 Å². The van der Waals surface area contributed by atoms with Crippen LogP contribution < -0.4 is 5.73 Å². The van der Waals surface area contributed by atoms with Crippen molar-refractivity contribution in [1.29, 1.82) is 0 Å². The lowest BCUT2D eigenvalue weighted by Crippen LogP contribution is -2.65. The monoisotopic (exact) mass is 555 g/mol. The van der Waals surface area contributed by atoms with E-state index in [1.165, 1.54) is 11.0 Å². The first-order valence-electron chi connectivity index (χ1n) is 13.2. The summed E-state index contributed by atoms with van der Waals surface area (Å²) in [7, 11) is 3.10.